The minimum Gasteiger partial charge on any atom is -0.389 e. The van der Waals surface area contributed by atoms with Crippen LogP contribution in [0.1, 0.15) is 27.2 Å². The molecular formula is C17H21N5O5S. The first kappa shape index (κ1) is 19.8. The first-order valence-corrected chi connectivity index (χ1v) is 10.3. The first-order chi connectivity index (χ1) is 13.1. The van der Waals surface area contributed by atoms with Crippen molar-refractivity contribution in [3.8, 4) is 0 Å². The van der Waals surface area contributed by atoms with E-state index in [2.05, 4.69) is 10.3 Å². The van der Waals surface area contributed by atoms with Crippen LogP contribution in [-0.2, 0) is 20.6 Å². The number of benzene rings is 1. The zero-order chi connectivity index (χ0) is 20.5. The number of para-hydroxylation sites is 1. The maximum Gasteiger partial charge on any atom is 0.355 e. The Morgan fingerprint density at radius 3 is 2.54 bits per heavy atom. The van der Waals surface area contributed by atoms with E-state index in [1.807, 2.05) is 6.07 Å². The van der Waals surface area contributed by atoms with Gasteiger partial charge < -0.3 is 4.84 Å². The van der Waals surface area contributed by atoms with Crippen molar-refractivity contribution in [1.29, 1.82) is 0 Å². The van der Waals surface area contributed by atoms with Crippen LogP contribution in [0.2, 0.25) is 0 Å². The highest BCUT2D eigenvalue weighted by Gasteiger charge is 2.36. The van der Waals surface area contributed by atoms with Crippen molar-refractivity contribution in [3.63, 3.8) is 0 Å². The van der Waals surface area contributed by atoms with E-state index >= 15 is 0 Å². The summed E-state index contributed by atoms with van der Waals surface area (Å²) >= 11 is 0. The molecule has 0 N–H and O–H groups in total. The number of nitrogens with zero attached hydrogens (tertiary/aromatic N) is 5. The summed E-state index contributed by atoms with van der Waals surface area (Å²) in [5, 5.41) is 7.27. The number of aromatic nitrogens is 3. The molecule has 1 amide bonds. The number of hydrogen-bond donors (Lipinski definition) is 0. The van der Waals surface area contributed by atoms with Crippen LogP contribution in [0, 0.1) is 0 Å². The van der Waals surface area contributed by atoms with Crippen LogP contribution in [0.15, 0.2) is 46.6 Å². The Morgan fingerprint density at radius 2 is 1.96 bits per heavy atom. The van der Waals surface area contributed by atoms with Gasteiger partial charge >= 0.3 is 11.7 Å². The minimum absolute atomic E-state index is 0.106. The second-order valence-electron chi connectivity index (χ2n) is 6.91. The Morgan fingerprint density at radius 1 is 1.29 bits per heavy atom. The maximum absolute atomic E-state index is 12.7. The molecule has 0 saturated carbocycles. The third-order valence-corrected chi connectivity index (χ3v) is 5.72. The maximum atomic E-state index is 12.7. The second kappa shape index (κ2) is 7.23. The van der Waals surface area contributed by atoms with Crippen LogP contribution in [-0.4, -0.2) is 46.0 Å². The van der Waals surface area contributed by atoms with Crippen molar-refractivity contribution in [2.45, 2.75) is 38.7 Å². The lowest BCUT2D eigenvalue weighted by molar-refractivity contribution is 0.0123. The van der Waals surface area contributed by atoms with Crippen LogP contribution in [0.5, 0.6) is 0 Å². The average Bonchev–Trinajstić information content (AvgIpc) is 3.19. The van der Waals surface area contributed by atoms with Gasteiger partial charge in [-0.1, -0.05) is 23.4 Å². The Labute approximate surface area is 161 Å². The van der Waals surface area contributed by atoms with Crippen LogP contribution < -0.4 is 10.6 Å². The number of oxime groups is 1. The summed E-state index contributed by atoms with van der Waals surface area (Å²) in [6.07, 6.45) is 1.13. The van der Waals surface area contributed by atoms with E-state index in [4.69, 9.17) is 4.84 Å². The molecule has 3 rings (SSSR count). The highest BCUT2D eigenvalue weighted by molar-refractivity contribution is 8.05. The fourth-order valence-electron chi connectivity index (χ4n) is 2.73. The zero-order valence-corrected chi connectivity index (χ0v) is 16.6. The Hall–Kier alpha value is -2.95. The molecule has 2 heterocycles. The molecule has 0 saturated heterocycles. The molecule has 10 nitrogen and oxygen atoms in total. The number of rotatable bonds is 4. The van der Waals surface area contributed by atoms with Gasteiger partial charge in [0.05, 0.1) is 0 Å². The highest BCUT2D eigenvalue weighted by Crippen LogP contribution is 2.25. The summed E-state index contributed by atoms with van der Waals surface area (Å²) in [6, 6.07) is 8.14. The molecule has 0 atom stereocenters. The topological polar surface area (TPSA) is 116 Å². The SMILES string of the molecule is CCN(C(=O)n1ncn(CS(=O)(=O)C2=NOC(C)(C)C2)c1=O)c1ccccc1. The van der Waals surface area contributed by atoms with E-state index in [1.54, 1.807) is 45.0 Å². The van der Waals surface area contributed by atoms with Crippen LogP contribution in [0.4, 0.5) is 10.5 Å². The monoisotopic (exact) mass is 407 g/mol. The predicted octanol–water partition coefficient (Wildman–Crippen LogP) is 1.42. The molecule has 1 aromatic heterocycles. The van der Waals surface area contributed by atoms with Gasteiger partial charge in [-0.3, -0.25) is 9.47 Å². The van der Waals surface area contributed by atoms with Gasteiger partial charge in [0.1, 0.15) is 17.8 Å². The standard InChI is InChI=1S/C17H21N5O5S/c1-4-21(13-8-6-5-7-9-13)16(24)22-15(23)20(11-18-22)12-28(25,26)14-10-17(2,3)27-19-14/h5-9,11H,4,10,12H2,1-3H3. The Bertz CT molecular complexity index is 1070. The van der Waals surface area contributed by atoms with Crippen molar-refractivity contribution in [2.75, 3.05) is 11.4 Å². The zero-order valence-electron chi connectivity index (χ0n) is 15.8. The summed E-state index contributed by atoms with van der Waals surface area (Å²) in [5.74, 6) is -0.672. The first-order valence-electron chi connectivity index (χ1n) is 8.64. The molecular weight excluding hydrogens is 386 g/mol. The van der Waals surface area contributed by atoms with Crippen LogP contribution in [0.3, 0.4) is 0 Å². The van der Waals surface area contributed by atoms with Crippen molar-refractivity contribution >= 4 is 26.6 Å². The molecule has 1 aliphatic rings. The quantitative estimate of drug-likeness (QED) is 0.757. The summed E-state index contributed by atoms with van der Waals surface area (Å²) in [4.78, 5) is 31.8. The Kier molecular flexibility index (Phi) is 5.11. The summed E-state index contributed by atoms with van der Waals surface area (Å²) in [6.45, 7) is 5.50. The lowest BCUT2D eigenvalue weighted by Gasteiger charge is -2.19. The van der Waals surface area contributed by atoms with E-state index in [0.29, 0.717) is 16.9 Å². The highest BCUT2D eigenvalue weighted by atomic mass is 32.2. The number of hydrogen-bond acceptors (Lipinski definition) is 7. The molecule has 0 unspecified atom stereocenters. The van der Waals surface area contributed by atoms with Gasteiger partial charge in [-0.25, -0.2) is 18.0 Å². The fraction of sp³-hybridized carbons (Fsp3) is 0.412. The molecule has 0 fully saturated rings. The molecule has 0 spiro atoms. The number of carbonyl (C=O) groups is 1. The molecule has 1 aliphatic heterocycles. The molecule has 0 aliphatic carbocycles. The molecule has 11 heteroatoms. The van der Waals surface area contributed by atoms with Gasteiger partial charge in [-0.15, -0.1) is 9.78 Å². The third-order valence-electron chi connectivity index (χ3n) is 4.17. The molecule has 0 bridgehead atoms. The van der Waals surface area contributed by atoms with Crippen LogP contribution in [0.25, 0.3) is 0 Å². The van der Waals surface area contributed by atoms with E-state index in [9.17, 15) is 18.0 Å². The van der Waals surface area contributed by atoms with Gasteiger partial charge in [0.25, 0.3) is 0 Å². The van der Waals surface area contributed by atoms with Gasteiger partial charge in [-0.05, 0) is 32.9 Å². The van der Waals surface area contributed by atoms with Crippen molar-refractivity contribution in [2.24, 2.45) is 5.16 Å². The molecule has 0 radical (unpaired) electrons. The number of amides is 1. The van der Waals surface area contributed by atoms with E-state index in [0.717, 1.165) is 10.9 Å². The fourth-order valence-corrected chi connectivity index (χ4v) is 4.14. The molecule has 28 heavy (non-hydrogen) atoms. The predicted molar refractivity (Wildman–Crippen MR) is 103 cm³/mol. The second-order valence-corrected chi connectivity index (χ2v) is 8.87. The lowest BCUT2D eigenvalue weighted by atomic mass is 10.1. The summed E-state index contributed by atoms with van der Waals surface area (Å²) in [7, 11) is -3.89. The van der Waals surface area contributed by atoms with Gasteiger partial charge in [0.2, 0.25) is 9.84 Å². The third kappa shape index (κ3) is 3.84. The Balaban J connectivity index is 1.84. The van der Waals surface area contributed by atoms with Gasteiger partial charge in [0, 0.05) is 18.7 Å². The van der Waals surface area contributed by atoms with Crippen molar-refractivity contribution in [1.82, 2.24) is 14.3 Å². The lowest BCUT2D eigenvalue weighted by Crippen LogP contribution is -2.41. The van der Waals surface area contributed by atoms with Gasteiger partial charge in [0.15, 0.2) is 5.04 Å². The molecule has 150 valence electrons. The van der Waals surface area contributed by atoms with Crippen molar-refractivity contribution in [3.05, 3.63) is 47.1 Å². The van der Waals surface area contributed by atoms with E-state index in [1.165, 1.54) is 4.90 Å². The van der Waals surface area contributed by atoms with E-state index < -0.39 is 33.0 Å². The normalized spacial score (nSPS) is 15.8. The molecule has 1 aromatic carbocycles. The van der Waals surface area contributed by atoms with Crippen LogP contribution >= 0.6 is 0 Å². The molecule has 2 aromatic rings. The number of sulfone groups is 1. The summed E-state index contributed by atoms with van der Waals surface area (Å²) in [5.41, 5.74) is -0.962. The van der Waals surface area contributed by atoms with Gasteiger partial charge in [-0.2, -0.15) is 0 Å². The van der Waals surface area contributed by atoms with Crippen molar-refractivity contribution < 1.29 is 18.0 Å². The largest absolute Gasteiger partial charge is 0.389 e. The average molecular weight is 407 g/mol. The number of carbonyl (C=O) groups excluding carboxylic acids is 1. The van der Waals surface area contributed by atoms with E-state index in [-0.39, 0.29) is 11.5 Å². The smallest absolute Gasteiger partial charge is 0.355 e. The minimum atomic E-state index is -3.89. The summed E-state index contributed by atoms with van der Waals surface area (Å²) < 4.78 is 26.6. The number of anilines is 1.